The van der Waals surface area contributed by atoms with Crippen LogP contribution in [0.2, 0.25) is 0 Å². The van der Waals surface area contributed by atoms with E-state index in [2.05, 4.69) is 58.3 Å². The van der Waals surface area contributed by atoms with Crippen molar-refractivity contribution in [2.24, 2.45) is 0 Å². The van der Waals surface area contributed by atoms with Gasteiger partial charge in [0.1, 0.15) is 0 Å². The zero-order valence-corrected chi connectivity index (χ0v) is 29.3. The maximum absolute atomic E-state index is 14.6. The molecule has 0 amide bonds. The number of hydrogen-bond acceptors (Lipinski definition) is 4. The lowest BCUT2D eigenvalue weighted by molar-refractivity contribution is -0.297. The molecule has 0 saturated heterocycles. The summed E-state index contributed by atoms with van der Waals surface area (Å²) in [5, 5.41) is 1.89. The first kappa shape index (κ1) is 36.2. The highest BCUT2D eigenvalue weighted by atomic mass is 19.4. The topological polar surface area (TPSA) is 41.9 Å². The van der Waals surface area contributed by atoms with Crippen LogP contribution in [0.5, 0.6) is 0 Å². The molecule has 1 fully saturated rings. The molecule has 3 aromatic rings. The standard InChI is InChI=1S/C40H32F10N4/c1-5-34-20-36(34)29-18-23(26-9-7-8-10-28(26)35(36,6-2)25-16-21(3)15-22(4)17-25)11-13-27(29)30-14-12-24(19-54(30)34)31-51-32(37(41,42)39(45,46)47)53-33(52-31)38(43,44)40(48,49)50/h7-8,10-19H,5-6,9,20H2,1-4H3. The second kappa shape index (κ2) is 11.2. The summed E-state index contributed by atoms with van der Waals surface area (Å²) in [6.45, 7) is 8.16. The Morgan fingerprint density at radius 2 is 1.39 bits per heavy atom. The number of hydrogen-bond donors (Lipinski definition) is 0. The van der Waals surface area contributed by atoms with Crippen LogP contribution in [-0.2, 0) is 22.7 Å². The second-order valence-electron chi connectivity index (χ2n) is 14.7. The second-order valence-corrected chi connectivity index (χ2v) is 14.7. The number of halogens is 10. The number of nitrogens with zero attached hydrogens (tertiary/aromatic N) is 4. The van der Waals surface area contributed by atoms with Gasteiger partial charge in [-0.15, -0.1) is 0 Å². The van der Waals surface area contributed by atoms with Crippen molar-refractivity contribution < 1.29 is 43.9 Å². The molecule has 5 aliphatic rings. The summed E-state index contributed by atoms with van der Waals surface area (Å²) >= 11 is 0. The molecule has 2 aliphatic heterocycles. The summed E-state index contributed by atoms with van der Waals surface area (Å²) < 4.78 is 140. The van der Waals surface area contributed by atoms with E-state index in [1.807, 2.05) is 43.9 Å². The molecule has 3 atom stereocenters. The Morgan fingerprint density at radius 1 is 0.759 bits per heavy atom. The minimum atomic E-state index is -6.41. The Bertz CT molecular complexity index is 2340. The quantitative estimate of drug-likeness (QED) is 0.236. The van der Waals surface area contributed by atoms with Crippen LogP contribution in [0.3, 0.4) is 0 Å². The van der Waals surface area contributed by atoms with E-state index in [9.17, 15) is 43.9 Å². The van der Waals surface area contributed by atoms with Crippen LogP contribution in [0, 0.1) is 13.8 Å². The van der Waals surface area contributed by atoms with Gasteiger partial charge in [0, 0.05) is 33.5 Å². The monoisotopic (exact) mass is 758 g/mol. The number of aromatic nitrogens is 3. The van der Waals surface area contributed by atoms with E-state index in [4.69, 9.17) is 0 Å². The predicted molar refractivity (Wildman–Crippen MR) is 180 cm³/mol. The molecule has 14 heteroatoms. The lowest BCUT2D eigenvalue weighted by Gasteiger charge is -2.51. The van der Waals surface area contributed by atoms with Gasteiger partial charge in [0.05, 0.1) is 5.54 Å². The first-order valence-electron chi connectivity index (χ1n) is 17.4. The molecule has 3 aliphatic carbocycles. The van der Waals surface area contributed by atoms with Gasteiger partial charge in [-0.2, -0.15) is 43.9 Å². The van der Waals surface area contributed by atoms with Crippen molar-refractivity contribution in [1.82, 2.24) is 19.9 Å². The molecular formula is C40H32F10N4. The van der Waals surface area contributed by atoms with Gasteiger partial charge < -0.3 is 4.90 Å². The summed E-state index contributed by atoms with van der Waals surface area (Å²) in [5.74, 6) is -18.3. The molecule has 8 rings (SSSR count). The highest BCUT2D eigenvalue weighted by Gasteiger charge is 2.80. The Balaban J connectivity index is 1.41. The van der Waals surface area contributed by atoms with Crippen molar-refractivity contribution in [2.45, 2.75) is 93.9 Å². The summed E-state index contributed by atoms with van der Waals surface area (Å²) in [6, 6.07) is 12.7. The molecule has 0 radical (unpaired) electrons. The largest absolute Gasteiger partial charge is 0.461 e. The fraction of sp³-hybridized carbons (Fsp3) is 0.375. The lowest BCUT2D eigenvalue weighted by Crippen LogP contribution is -2.56. The van der Waals surface area contributed by atoms with Gasteiger partial charge in [-0.3, -0.25) is 0 Å². The van der Waals surface area contributed by atoms with Crippen LogP contribution in [0.15, 0.2) is 78.6 Å². The number of rotatable bonds is 6. The number of allylic oxidation sites excluding steroid dienone is 6. The van der Waals surface area contributed by atoms with Crippen molar-refractivity contribution in [1.29, 1.82) is 0 Å². The summed E-state index contributed by atoms with van der Waals surface area (Å²) in [7, 11) is 0. The van der Waals surface area contributed by atoms with Gasteiger partial charge >= 0.3 is 24.2 Å². The van der Waals surface area contributed by atoms with Crippen molar-refractivity contribution in [3.63, 3.8) is 0 Å². The summed E-state index contributed by atoms with van der Waals surface area (Å²) in [4.78, 5) is 10.7. The SMILES string of the molecule is CCC1(c2cc(C)cc(C)c2)C2=CC=CCC2=c2ccc3c(c2)C12CC2(CC)N1C=C(c2nc(C(F)(F)C(F)(F)F)nc(C(F)(F)C(F)(F)F)n2)C=CC=31. The molecule has 282 valence electrons. The minimum absolute atomic E-state index is 0.344. The fourth-order valence-corrected chi connectivity index (χ4v) is 9.74. The van der Waals surface area contributed by atoms with E-state index in [1.54, 1.807) is 6.08 Å². The van der Waals surface area contributed by atoms with E-state index in [1.165, 1.54) is 12.3 Å². The minimum Gasteiger partial charge on any atom is -0.340 e. The number of aryl methyl sites for hydroxylation is 2. The maximum atomic E-state index is 14.6. The molecule has 1 spiro atoms. The first-order chi connectivity index (χ1) is 25.2. The third kappa shape index (κ3) is 4.48. The highest BCUT2D eigenvalue weighted by Crippen LogP contribution is 2.76. The van der Waals surface area contributed by atoms with E-state index < -0.39 is 58.0 Å². The van der Waals surface area contributed by atoms with Crippen molar-refractivity contribution in [3.05, 3.63) is 129 Å². The van der Waals surface area contributed by atoms with E-state index in [0.29, 0.717) is 31.4 Å². The van der Waals surface area contributed by atoms with Crippen LogP contribution in [0.1, 0.15) is 79.3 Å². The van der Waals surface area contributed by atoms with Crippen molar-refractivity contribution >= 4 is 16.8 Å². The van der Waals surface area contributed by atoms with Gasteiger partial charge in [-0.25, -0.2) is 15.0 Å². The molecule has 3 heterocycles. The zero-order chi connectivity index (χ0) is 39.0. The van der Waals surface area contributed by atoms with E-state index in [0.717, 1.165) is 43.8 Å². The van der Waals surface area contributed by atoms with Crippen LogP contribution in [0.25, 0.3) is 16.8 Å². The van der Waals surface area contributed by atoms with Crippen molar-refractivity contribution in [2.75, 3.05) is 0 Å². The van der Waals surface area contributed by atoms with E-state index >= 15 is 0 Å². The van der Waals surface area contributed by atoms with Gasteiger partial charge in [0.15, 0.2) is 5.82 Å². The fourth-order valence-electron chi connectivity index (χ4n) is 9.74. The predicted octanol–water partition coefficient (Wildman–Crippen LogP) is 9.02. The number of fused-ring (bicyclic) bond motifs is 4. The maximum Gasteiger partial charge on any atom is 0.461 e. The molecule has 0 N–H and O–H groups in total. The Hall–Kier alpha value is -4.75. The summed E-state index contributed by atoms with van der Waals surface area (Å²) in [6.07, 6.45) is -0.0131. The Labute approximate surface area is 303 Å². The first-order valence-corrected chi connectivity index (χ1v) is 17.4. The molecule has 4 nitrogen and oxygen atoms in total. The highest BCUT2D eigenvalue weighted by molar-refractivity contribution is 5.84. The number of benzene rings is 2. The molecule has 54 heavy (non-hydrogen) atoms. The average molecular weight is 759 g/mol. The van der Waals surface area contributed by atoms with Crippen LogP contribution in [0.4, 0.5) is 43.9 Å². The lowest BCUT2D eigenvalue weighted by atomic mass is 9.55. The van der Waals surface area contributed by atoms with Gasteiger partial charge in [-0.1, -0.05) is 79.6 Å². The summed E-state index contributed by atoms with van der Waals surface area (Å²) in [5.41, 5.74) is 4.78. The van der Waals surface area contributed by atoms with Crippen molar-refractivity contribution in [3.8, 4) is 0 Å². The molecule has 1 saturated carbocycles. The molecule has 2 aromatic carbocycles. The Morgan fingerprint density at radius 3 is 1.96 bits per heavy atom. The smallest absolute Gasteiger partial charge is 0.340 e. The molecule has 2 bridgehead atoms. The zero-order valence-electron chi connectivity index (χ0n) is 29.3. The van der Waals surface area contributed by atoms with Crippen LogP contribution in [-0.4, -0.2) is 37.7 Å². The van der Waals surface area contributed by atoms with Crippen LogP contribution < -0.4 is 10.4 Å². The number of alkyl halides is 10. The molecular weight excluding hydrogens is 726 g/mol. The Kier molecular flexibility index (Phi) is 7.49. The normalized spacial score (nSPS) is 25.8. The molecule has 3 unspecified atom stereocenters. The van der Waals surface area contributed by atoms with Gasteiger partial charge in [0.2, 0.25) is 11.6 Å². The van der Waals surface area contributed by atoms with Gasteiger partial charge in [-0.05, 0) is 79.2 Å². The molecule has 1 aromatic heterocycles. The average Bonchev–Trinajstić information content (AvgIpc) is 3.84. The third-order valence-corrected chi connectivity index (χ3v) is 12.0. The van der Waals surface area contributed by atoms with Gasteiger partial charge in [0.25, 0.3) is 0 Å². The third-order valence-electron chi connectivity index (χ3n) is 12.0. The van der Waals surface area contributed by atoms with E-state index in [-0.39, 0.29) is 5.57 Å². The van der Waals surface area contributed by atoms with Crippen LogP contribution >= 0.6 is 0 Å².